The number of aromatic nitrogens is 4. The van der Waals surface area contributed by atoms with E-state index in [4.69, 9.17) is 23.2 Å². The number of benzene rings is 1. The van der Waals surface area contributed by atoms with Crippen molar-refractivity contribution in [3.05, 3.63) is 52.0 Å². The van der Waals surface area contributed by atoms with Gasteiger partial charge in [0.25, 0.3) is 12.3 Å². The fourth-order valence-corrected chi connectivity index (χ4v) is 6.54. The molecule has 1 atom stereocenters. The summed E-state index contributed by atoms with van der Waals surface area (Å²) in [7, 11) is 0. The highest BCUT2D eigenvalue weighted by Crippen LogP contribution is 2.35. The zero-order valence-corrected chi connectivity index (χ0v) is 25.9. The van der Waals surface area contributed by atoms with Gasteiger partial charge in [0.15, 0.2) is 11.0 Å². The van der Waals surface area contributed by atoms with Gasteiger partial charge < -0.3 is 20.1 Å². The summed E-state index contributed by atoms with van der Waals surface area (Å²) in [5.74, 6) is 0.432. The Labute approximate surface area is 258 Å². The Morgan fingerprint density at radius 2 is 1.98 bits per heavy atom. The lowest BCUT2D eigenvalue weighted by Gasteiger charge is -2.39. The Kier molecular flexibility index (Phi) is 9.01. The Balaban J connectivity index is 1.43. The third-order valence-electron chi connectivity index (χ3n) is 7.97. The van der Waals surface area contributed by atoms with E-state index in [0.29, 0.717) is 55.7 Å². The molecule has 1 aromatic carbocycles. The van der Waals surface area contributed by atoms with E-state index < -0.39 is 12.3 Å². The smallest absolute Gasteiger partial charge is 0.271 e. The monoisotopic (exact) mass is 636 g/mol. The molecule has 3 N–H and O–H groups in total. The minimum atomic E-state index is -2.46. The fraction of sp³-hybridized carbons (Fsp3) is 0.517. The Morgan fingerprint density at radius 3 is 2.65 bits per heavy atom. The topological polar surface area (TPSA) is 111 Å². The number of H-pyrrole nitrogens is 1. The van der Waals surface area contributed by atoms with E-state index in [2.05, 4.69) is 53.2 Å². The minimum Gasteiger partial charge on any atom is -0.361 e. The summed E-state index contributed by atoms with van der Waals surface area (Å²) in [6.07, 6.45) is 0.124. The fourth-order valence-electron chi connectivity index (χ4n) is 5.82. The molecule has 3 aromatic rings. The summed E-state index contributed by atoms with van der Waals surface area (Å²) in [5, 5.41) is 15.2. The molecule has 2 aromatic heterocycles. The standard InChI is InChI=1S/C29H36Cl2F2N8O2/c1-5-24(42)40-12-16(13-40)35-28(43)25-26(31)36-23(41(25)17-7-6-8-39(14-17)15-22(32)33)11-34-27-18-9-19(29(2,3)4)20(30)10-21(18)37-38-27/h5,9-10,16-17,22H,1,6-8,11-15H2,2-4H3,(H,35,43)(H2,34,37,38). The van der Waals surface area contributed by atoms with Crippen LogP contribution in [0.1, 0.15) is 61.5 Å². The van der Waals surface area contributed by atoms with Crippen LogP contribution in [0.25, 0.3) is 10.9 Å². The van der Waals surface area contributed by atoms with E-state index in [1.54, 1.807) is 14.4 Å². The summed E-state index contributed by atoms with van der Waals surface area (Å²) in [6, 6.07) is 3.30. The highest BCUT2D eigenvalue weighted by Gasteiger charge is 2.35. The number of carbonyl (C=O) groups excluding carboxylic acids is 2. The molecule has 2 aliphatic heterocycles. The predicted molar refractivity (Wildman–Crippen MR) is 163 cm³/mol. The molecule has 2 fully saturated rings. The molecule has 0 bridgehead atoms. The van der Waals surface area contributed by atoms with E-state index in [9.17, 15) is 18.4 Å². The van der Waals surface area contributed by atoms with Crippen LogP contribution in [-0.2, 0) is 16.8 Å². The molecule has 1 unspecified atom stereocenters. The van der Waals surface area contributed by atoms with Gasteiger partial charge in [-0.15, -0.1) is 0 Å². The van der Waals surface area contributed by atoms with Gasteiger partial charge in [-0.05, 0) is 48.6 Å². The Morgan fingerprint density at radius 1 is 1.23 bits per heavy atom. The maximum Gasteiger partial charge on any atom is 0.271 e. The lowest BCUT2D eigenvalue weighted by Crippen LogP contribution is -2.60. The van der Waals surface area contributed by atoms with Crippen molar-refractivity contribution < 1.29 is 18.4 Å². The molecule has 4 heterocycles. The molecule has 232 valence electrons. The Bertz CT molecular complexity index is 1530. The number of piperidine rings is 1. The molecule has 0 saturated carbocycles. The summed E-state index contributed by atoms with van der Waals surface area (Å²) in [5.41, 5.74) is 1.72. The second kappa shape index (κ2) is 12.4. The highest BCUT2D eigenvalue weighted by atomic mass is 35.5. The molecule has 10 nitrogen and oxygen atoms in total. The summed E-state index contributed by atoms with van der Waals surface area (Å²) >= 11 is 13.1. The average molecular weight is 638 g/mol. The van der Waals surface area contributed by atoms with Crippen molar-refractivity contribution in [3.8, 4) is 0 Å². The third-order valence-corrected chi connectivity index (χ3v) is 8.55. The number of halogens is 4. The highest BCUT2D eigenvalue weighted by molar-refractivity contribution is 6.32. The van der Waals surface area contributed by atoms with Crippen LogP contribution in [-0.4, -0.2) is 86.6 Å². The van der Waals surface area contributed by atoms with Crippen LogP contribution in [0.15, 0.2) is 24.8 Å². The van der Waals surface area contributed by atoms with Gasteiger partial charge in [0, 0.05) is 36.1 Å². The number of fused-ring (bicyclic) bond motifs is 1. The first-order chi connectivity index (χ1) is 20.3. The van der Waals surface area contributed by atoms with Gasteiger partial charge in [0.2, 0.25) is 5.91 Å². The minimum absolute atomic E-state index is 0.0207. The number of aromatic amines is 1. The number of likely N-dealkylation sites (tertiary alicyclic amines) is 2. The van der Waals surface area contributed by atoms with Crippen molar-refractivity contribution in [3.63, 3.8) is 0 Å². The van der Waals surface area contributed by atoms with Gasteiger partial charge in [0.1, 0.15) is 11.5 Å². The van der Waals surface area contributed by atoms with Crippen LogP contribution in [0.2, 0.25) is 10.2 Å². The lowest BCUT2D eigenvalue weighted by molar-refractivity contribution is -0.130. The molecule has 2 amide bonds. The van der Waals surface area contributed by atoms with E-state index in [1.807, 2.05) is 12.1 Å². The molecular formula is C29H36Cl2F2N8O2. The van der Waals surface area contributed by atoms with Gasteiger partial charge in [-0.25, -0.2) is 13.8 Å². The normalized spacial score (nSPS) is 18.2. The zero-order chi connectivity index (χ0) is 31.1. The van der Waals surface area contributed by atoms with Crippen molar-refractivity contribution in [2.24, 2.45) is 0 Å². The first-order valence-electron chi connectivity index (χ1n) is 14.3. The average Bonchev–Trinajstić information content (AvgIpc) is 3.46. The van der Waals surface area contributed by atoms with Gasteiger partial charge in [-0.1, -0.05) is 50.6 Å². The molecule has 0 spiro atoms. The summed E-state index contributed by atoms with van der Waals surface area (Å²) in [4.78, 5) is 33.2. The van der Waals surface area contributed by atoms with Crippen molar-refractivity contribution in [2.45, 2.75) is 64.1 Å². The van der Waals surface area contributed by atoms with Gasteiger partial charge in [-0.3, -0.25) is 19.6 Å². The van der Waals surface area contributed by atoms with E-state index in [0.717, 1.165) is 16.5 Å². The number of imidazole rings is 1. The molecule has 14 heteroatoms. The van der Waals surface area contributed by atoms with Crippen LogP contribution in [0.5, 0.6) is 0 Å². The number of rotatable bonds is 9. The second-order valence-electron chi connectivity index (χ2n) is 12.2. The van der Waals surface area contributed by atoms with Crippen LogP contribution < -0.4 is 10.6 Å². The SMILES string of the molecule is C=CC(=O)N1CC(NC(=O)c2c(Cl)nc(CNc3n[nH]c4cc(Cl)c(C(C)(C)C)cc34)n2C2CCCN(CC(F)F)C2)C1. The number of amides is 2. The maximum atomic E-state index is 13.6. The van der Waals surface area contributed by atoms with Gasteiger partial charge in [0.05, 0.1) is 24.6 Å². The van der Waals surface area contributed by atoms with Crippen LogP contribution >= 0.6 is 23.2 Å². The molecular weight excluding hydrogens is 601 g/mol. The summed E-state index contributed by atoms with van der Waals surface area (Å²) in [6.45, 7) is 11.2. The van der Waals surface area contributed by atoms with Gasteiger partial charge in [-0.2, -0.15) is 5.10 Å². The van der Waals surface area contributed by atoms with Crippen molar-refractivity contribution in [1.29, 1.82) is 0 Å². The molecule has 0 aliphatic carbocycles. The largest absolute Gasteiger partial charge is 0.361 e. The van der Waals surface area contributed by atoms with Crippen LogP contribution in [0.3, 0.4) is 0 Å². The van der Waals surface area contributed by atoms with E-state index >= 15 is 0 Å². The third kappa shape index (κ3) is 6.66. The Hall–Kier alpha value is -3.22. The number of anilines is 1. The molecule has 5 rings (SSSR count). The van der Waals surface area contributed by atoms with Crippen molar-refractivity contribution in [1.82, 2.24) is 34.9 Å². The number of carbonyl (C=O) groups is 2. The predicted octanol–water partition coefficient (Wildman–Crippen LogP) is 5.00. The zero-order valence-electron chi connectivity index (χ0n) is 24.4. The summed E-state index contributed by atoms with van der Waals surface area (Å²) < 4.78 is 28.3. The van der Waals surface area contributed by atoms with E-state index in [-0.39, 0.29) is 47.3 Å². The van der Waals surface area contributed by atoms with Gasteiger partial charge >= 0.3 is 0 Å². The first kappa shape index (κ1) is 31.2. The van der Waals surface area contributed by atoms with Crippen LogP contribution in [0, 0.1) is 0 Å². The molecule has 0 radical (unpaired) electrons. The molecule has 2 saturated heterocycles. The lowest BCUT2D eigenvalue weighted by atomic mass is 9.86. The van der Waals surface area contributed by atoms with Crippen molar-refractivity contribution >= 4 is 51.7 Å². The number of hydrogen-bond donors (Lipinski definition) is 3. The van der Waals surface area contributed by atoms with Crippen molar-refractivity contribution in [2.75, 3.05) is 38.0 Å². The second-order valence-corrected chi connectivity index (χ2v) is 12.9. The molecule has 43 heavy (non-hydrogen) atoms. The van der Waals surface area contributed by atoms with Crippen LogP contribution in [0.4, 0.5) is 14.6 Å². The molecule has 2 aliphatic rings. The quantitative estimate of drug-likeness (QED) is 0.285. The first-order valence-corrected chi connectivity index (χ1v) is 15.0. The maximum absolute atomic E-state index is 13.6. The number of hydrogen-bond acceptors (Lipinski definition) is 6. The number of nitrogens with zero attached hydrogens (tertiary/aromatic N) is 5. The number of alkyl halides is 2. The number of nitrogens with one attached hydrogen (secondary N) is 3. The van der Waals surface area contributed by atoms with E-state index in [1.165, 1.54) is 6.08 Å².